The fourth-order valence-corrected chi connectivity index (χ4v) is 2.59. The SMILES string of the molecule is Cc1ccc(OCCN(C)CCCN2C(=O)NC(C)(C)C2=O)cc1. The van der Waals surface area contributed by atoms with Crippen molar-refractivity contribution in [2.45, 2.75) is 32.7 Å². The number of amides is 3. The number of benzene rings is 1. The first-order chi connectivity index (χ1) is 11.3. The molecule has 1 saturated heterocycles. The van der Waals surface area contributed by atoms with Gasteiger partial charge in [0.25, 0.3) is 5.91 Å². The van der Waals surface area contributed by atoms with Crippen molar-refractivity contribution in [2.24, 2.45) is 0 Å². The Labute approximate surface area is 143 Å². The molecule has 1 aliphatic rings. The molecular formula is C18H27N3O3. The number of carbonyl (C=O) groups excluding carboxylic acids is 2. The lowest BCUT2D eigenvalue weighted by Crippen LogP contribution is -2.40. The zero-order valence-electron chi connectivity index (χ0n) is 15.0. The van der Waals surface area contributed by atoms with Gasteiger partial charge in [0, 0.05) is 13.1 Å². The van der Waals surface area contributed by atoms with Crippen molar-refractivity contribution in [3.8, 4) is 5.75 Å². The van der Waals surface area contributed by atoms with E-state index >= 15 is 0 Å². The van der Waals surface area contributed by atoms with Gasteiger partial charge < -0.3 is 15.0 Å². The smallest absolute Gasteiger partial charge is 0.325 e. The van der Waals surface area contributed by atoms with Gasteiger partial charge in [-0.25, -0.2) is 4.79 Å². The zero-order chi connectivity index (χ0) is 17.7. The first-order valence-corrected chi connectivity index (χ1v) is 8.32. The highest BCUT2D eigenvalue weighted by Crippen LogP contribution is 2.16. The second kappa shape index (κ2) is 7.66. The van der Waals surface area contributed by atoms with Crippen LogP contribution in [0.3, 0.4) is 0 Å². The molecule has 24 heavy (non-hydrogen) atoms. The van der Waals surface area contributed by atoms with Gasteiger partial charge in [0.05, 0.1) is 0 Å². The minimum absolute atomic E-state index is 0.155. The number of hydrogen-bond donors (Lipinski definition) is 1. The molecule has 0 atom stereocenters. The van der Waals surface area contributed by atoms with E-state index in [9.17, 15) is 9.59 Å². The van der Waals surface area contributed by atoms with Crippen LogP contribution in [0.1, 0.15) is 25.8 Å². The molecule has 2 rings (SSSR count). The Balaban J connectivity index is 1.65. The van der Waals surface area contributed by atoms with Crippen LogP contribution in [0.25, 0.3) is 0 Å². The summed E-state index contributed by atoms with van der Waals surface area (Å²) >= 11 is 0. The summed E-state index contributed by atoms with van der Waals surface area (Å²) in [7, 11) is 2.01. The summed E-state index contributed by atoms with van der Waals surface area (Å²) in [4.78, 5) is 27.3. The van der Waals surface area contributed by atoms with Crippen LogP contribution in [0.4, 0.5) is 4.79 Å². The fourth-order valence-electron chi connectivity index (χ4n) is 2.59. The van der Waals surface area contributed by atoms with Gasteiger partial charge in [0.15, 0.2) is 0 Å². The quantitative estimate of drug-likeness (QED) is 0.740. The van der Waals surface area contributed by atoms with Gasteiger partial charge in [0.1, 0.15) is 17.9 Å². The number of aryl methyl sites for hydroxylation is 1. The lowest BCUT2D eigenvalue weighted by atomic mass is 10.1. The zero-order valence-corrected chi connectivity index (χ0v) is 15.0. The third kappa shape index (κ3) is 4.71. The molecule has 0 aliphatic carbocycles. The lowest BCUT2D eigenvalue weighted by molar-refractivity contribution is -0.130. The number of imide groups is 1. The fraction of sp³-hybridized carbons (Fsp3) is 0.556. The van der Waals surface area contributed by atoms with Crippen LogP contribution >= 0.6 is 0 Å². The van der Waals surface area contributed by atoms with E-state index in [4.69, 9.17) is 4.74 Å². The highest BCUT2D eigenvalue weighted by atomic mass is 16.5. The number of nitrogens with one attached hydrogen (secondary N) is 1. The largest absolute Gasteiger partial charge is 0.492 e. The third-order valence-corrected chi connectivity index (χ3v) is 4.13. The van der Waals surface area contributed by atoms with Gasteiger partial charge in [0.2, 0.25) is 0 Å². The number of carbonyl (C=O) groups is 2. The van der Waals surface area contributed by atoms with E-state index in [1.165, 1.54) is 10.5 Å². The Morgan fingerprint density at radius 3 is 2.42 bits per heavy atom. The predicted octanol–water partition coefficient (Wildman–Crippen LogP) is 2.03. The van der Waals surface area contributed by atoms with E-state index in [1.807, 2.05) is 38.2 Å². The molecule has 1 fully saturated rings. The number of likely N-dealkylation sites (N-methyl/N-ethyl adjacent to an activating group) is 1. The summed E-state index contributed by atoms with van der Waals surface area (Å²) in [5, 5.41) is 2.69. The second-order valence-electron chi connectivity index (χ2n) is 6.83. The third-order valence-electron chi connectivity index (χ3n) is 4.13. The molecule has 6 nitrogen and oxygen atoms in total. The minimum atomic E-state index is -0.787. The first-order valence-electron chi connectivity index (χ1n) is 8.32. The van der Waals surface area contributed by atoms with Gasteiger partial charge in [-0.3, -0.25) is 9.69 Å². The summed E-state index contributed by atoms with van der Waals surface area (Å²) in [5.74, 6) is 0.716. The molecule has 0 aromatic heterocycles. The minimum Gasteiger partial charge on any atom is -0.492 e. The Kier molecular flexibility index (Phi) is 5.83. The van der Waals surface area contributed by atoms with Crippen LogP contribution < -0.4 is 10.1 Å². The van der Waals surface area contributed by atoms with E-state index in [-0.39, 0.29) is 11.9 Å². The maximum Gasteiger partial charge on any atom is 0.325 e. The van der Waals surface area contributed by atoms with Crippen LogP contribution in [0.5, 0.6) is 5.75 Å². The molecule has 0 radical (unpaired) electrons. The van der Waals surface area contributed by atoms with E-state index < -0.39 is 5.54 Å². The predicted molar refractivity (Wildman–Crippen MR) is 93.1 cm³/mol. The van der Waals surface area contributed by atoms with Gasteiger partial charge >= 0.3 is 6.03 Å². The molecule has 0 saturated carbocycles. The van der Waals surface area contributed by atoms with Gasteiger partial charge in [-0.1, -0.05) is 17.7 Å². The summed E-state index contributed by atoms with van der Waals surface area (Å²) in [5.41, 5.74) is 0.424. The van der Waals surface area contributed by atoms with Crippen LogP contribution in [0.15, 0.2) is 24.3 Å². The Morgan fingerprint density at radius 1 is 1.17 bits per heavy atom. The first kappa shape index (κ1) is 18.3. The monoisotopic (exact) mass is 333 g/mol. The number of ether oxygens (including phenoxy) is 1. The topological polar surface area (TPSA) is 61.9 Å². The van der Waals surface area contributed by atoms with Crippen LogP contribution in [-0.2, 0) is 4.79 Å². The lowest BCUT2D eigenvalue weighted by Gasteiger charge is -2.19. The van der Waals surface area contributed by atoms with Gasteiger partial charge in [-0.15, -0.1) is 0 Å². The van der Waals surface area contributed by atoms with E-state index in [0.29, 0.717) is 13.2 Å². The molecule has 1 aromatic carbocycles. The summed E-state index contributed by atoms with van der Waals surface area (Å²) in [6.07, 6.45) is 0.746. The van der Waals surface area contributed by atoms with Crippen molar-refractivity contribution in [2.75, 3.05) is 33.3 Å². The molecule has 3 amide bonds. The molecule has 132 valence electrons. The number of hydrogen-bond acceptors (Lipinski definition) is 4. The van der Waals surface area contributed by atoms with E-state index in [1.54, 1.807) is 13.8 Å². The van der Waals surface area contributed by atoms with E-state index in [2.05, 4.69) is 10.2 Å². The maximum atomic E-state index is 12.1. The van der Waals surface area contributed by atoms with Crippen LogP contribution in [0, 0.1) is 6.92 Å². The standard InChI is InChI=1S/C18H27N3O3/c1-14-6-8-15(9-7-14)24-13-12-20(4)10-5-11-21-16(22)18(2,3)19-17(21)23/h6-9H,5,10-13H2,1-4H3,(H,19,23). The van der Waals surface area contributed by atoms with Crippen molar-refractivity contribution in [3.63, 3.8) is 0 Å². The van der Waals surface area contributed by atoms with Crippen molar-refractivity contribution in [3.05, 3.63) is 29.8 Å². The molecule has 1 aromatic rings. The highest BCUT2D eigenvalue weighted by Gasteiger charge is 2.43. The molecule has 6 heteroatoms. The molecule has 0 bridgehead atoms. The number of nitrogens with zero attached hydrogens (tertiary/aromatic N) is 2. The molecule has 1 aliphatic heterocycles. The van der Waals surface area contributed by atoms with Gasteiger partial charge in [-0.05, 0) is 52.9 Å². The molecule has 1 N–H and O–H groups in total. The van der Waals surface area contributed by atoms with Crippen molar-refractivity contribution >= 4 is 11.9 Å². The molecule has 0 spiro atoms. The number of urea groups is 1. The second-order valence-corrected chi connectivity index (χ2v) is 6.83. The average molecular weight is 333 g/mol. The average Bonchev–Trinajstić information content (AvgIpc) is 2.71. The normalized spacial score (nSPS) is 16.6. The van der Waals surface area contributed by atoms with E-state index in [0.717, 1.165) is 25.3 Å². The number of rotatable bonds is 8. The van der Waals surface area contributed by atoms with Gasteiger partial charge in [-0.2, -0.15) is 0 Å². The highest BCUT2D eigenvalue weighted by molar-refractivity contribution is 6.06. The molecular weight excluding hydrogens is 306 g/mol. The Morgan fingerprint density at radius 2 is 1.83 bits per heavy atom. The molecule has 0 unspecified atom stereocenters. The van der Waals surface area contributed by atoms with Crippen molar-refractivity contribution in [1.82, 2.24) is 15.1 Å². The maximum absolute atomic E-state index is 12.1. The van der Waals surface area contributed by atoms with Crippen LogP contribution in [-0.4, -0.2) is 60.6 Å². The Bertz CT molecular complexity index is 584. The molecule has 1 heterocycles. The summed E-state index contributed by atoms with van der Waals surface area (Å²) in [6, 6.07) is 7.69. The van der Waals surface area contributed by atoms with Crippen molar-refractivity contribution in [1.29, 1.82) is 0 Å². The summed E-state index contributed by atoms with van der Waals surface area (Å²) in [6.45, 7) is 8.13. The van der Waals surface area contributed by atoms with Crippen molar-refractivity contribution < 1.29 is 14.3 Å². The van der Waals surface area contributed by atoms with Crippen LogP contribution in [0.2, 0.25) is 0 Å². The summed E-state index contributed by atoms with van der Waals surface area (Å²) < 4.78 is 5.70. The Hall–Kier alpha value is -2.08.